The molecule has 0 aliphatic carbocycles. The summed E-state index contributed by atoms with van der Waals surface area (Å²) < 4.78 is 0. The van der Waals surface area contributed by atoms with E-state index in [1.165, 1.54) is 0 Å². The summed E-state index contributed by atoms with van der Waals surface area (Å²) in [5, 5.41) is 9.02. The van der Waals surface area contributed by atoms with Gasteiger partial charge in [0.2, 0.25) is 5.91 Å². The van der Waals surface area contributed by atoms with E-state index >= 15 is 0 Å². The van der Waals surface area contributed by atoms with Gasteiger partial charge in [-0.15, -0.1) is 0 Å². The van der Waals surface area contributed by atoms with Gasteiger partial charge in [0.15, 0.2) is 0 Å². The van der Waals surface area contributed by atoms with Crippen LogP contribution in [0.2, 0.25) is 0 Å². The van der Waals surface area contributed by atoms with Gasteiger partial charge in [-0.2, -0.15) is 0 Å². The summed E-state index contributed by atoms with van der Waals surface area (Å²) in [5.41, 5.74) is 2.16. The fourth-order valence-electron chi connectivity index (χ4n) is 1.93. The second kappa shape index (κ2) is 8.50. The predicted octanol–water partition coefficient (Wildman–Crippen LogP) is 0.0953. The summed E-state index contributed by atoms with van der Waals surface area (Å²) in [6.45, 7) is 7.44. The van der Waals surface area contributed by atoms with Crippen LogP contribution in [0.25, 0.3) is 0 Å². The molecule has 0 aromatic heterocycles. The van der Waals surface area contributed by atoms with E-state index in [0.717, 1.165) is 12.8 Å². The van der Waals surface area contributed by atoms with Crippen LogP contribution in [0.15, 0.2) is 0 Å². The smallest absolute Gasteiger partial charge is 0.237 e. The first-order valence-electron chi connectivity index (χ1n) is 5.95. The van der Waals surface area contributed by atoms with Gasteiger partial charge in [-0.1, -0.05) is 20.8 Å². The number of amides is 1. The number of carbonyl (C=O) groups is 1. The van der Waals surface area contributed by atoms with Crippen LogP contribution in [-0.2, 0) is 4.79 Å². The maximum absolute atomic E-state index is 11.3. The van der Waals surface area contributed by atoms with Crippen LogP contribution in [0.1, 0.15) is 33.6 Å². The summed E-state index contributed by atoms with van der Waals surface area (Å²) in [4.78, 5) is 13.5. The summed E-state index contributed by atoms with van der Waals surface area (Å²) >= 11 is 0. The van der Waals surface area contributed by atoms with Crippen LogP contribution in [-0.4, -0.2) is 41.7 Å². The van der Waals surface area contributed by atoms with Crippen molar-refractivity contribution in [1.82, 2.24) is 10.3 Å². The van der Waals surface area contributed by atoms with Crippen molar-refractivity contribution < 1.29 is 9.90 Å². The second-order valence-corrected chi connectivity index (χ2v) is 4.10. The van der Waals surface area contributed by atoms with Crippen molar-refractivity contribution in [2.24, 2.45) is 11.8 Å². The number of aliphatic hydroxyl groups is 1. The highest BCUT2D eigenvalue weighted by molar-refractivity contribution is 5.77. The van der Waals surface area contributed by atoms with Crippen molar-refractivity contribution in [2.45, 2.75) is 39.7 Å². The molecule has 0 aliphatic heterocycles. The van der Waals surface area contributed by atoms with Crippen molar-refractivity contribution in [3.05, 3.63) is 0 Å². The van der Waals surface area contributed by atoms with Crippen molar-refractivity contribution in [1.29, 1.82) is 0 Å². The van der Waals surface area contributed by atoms with Crippen LogP contribution in [0.5, 0.6) is 0 Å². The summed E-state index contributed by atoms with van der Waals surface area (Å²) in [6, 6.07) is 0.417. The fraction of sp³-hybridized carbons (Fsp3) is 0.909. The molecule has 0 heterocycles. The number of hydrazine groups is 1. The Morgan fingerprint density at radius 1 is 1.44 bits per heavy atom. The van der Waals surface area contributed by atoms with Gasteiger partial charge in [-0.3, -0.25) is 15.1 Å². The molecule has 0 rings (SSSR count). The third-order valence-electron chi connectivity index (χ3n) is 2.94. The molecule has 0 spiro atoms. The summed E-state index contributed by atoms with van der Waals surface area (Å²) in [6.07, 6.45) is 2.04. The first-order chi connectivity index (χ1) is 7.60. The van der Waals surface area contributed by atoms with Crippen LogP contribution < -0.4 is 11.3 Å². The highest BCUT2D eigenvalue weighted by Gasteiger charge is 2.20. The van der Waals surface area contributed by atoms with E-state index in [0.29, 0.717) is 19.1 Å². The maximum Gasteiger partial charge on any atom is 0.237 e. The van der Waals surface area contributed by atoms with Gasteiger partial charge in [0.05, 0.1) is 6.61 Å². The van der Waals surface area contributed by atoms with Crippen LogP contribution >= 0.6 is 0 Å². The maximum atomic E-state index is 11.3. The SMILES string of the molecule is CCC(CC)N(CCO)CC(C)C(=O)NN. The summed E-state index contributed by atoms with van der Waals surface area (Å²) in [5.74, 6) is 4.78. The molecule has 0 bridgehead atoms. The van der Waals surface area contributed by atoms with E-state index in [9.17, 15) is 4.79 Å². The van der Waals surface area contributed by atoms with E-state index in [1.807, 2.05) is 6.92 Å². The Balaban J connectivity index is 4.36. The highest BCUT2D eigenvalue weighted by Crippen LogP contribution is 2.11. The van der Waals surface area contributed by atoms with Crippen molar-refractivity contribution in [2.75, 3.05) is 19.7 Å². The molecule has 0 aromatic rings. The lowest BCUT2D eigenvalue weighted by atomic mass is 10.1. The average molecular weight is 231 g/mol. The molecule has 0 aromatic carbocycles. The van der Waals surface area contributed by atoms with Gasteiger partial charge in [-0.05, 0) is 12.8 Å². The third-order valence-corrected chi connectivity index (χ3v) is 2.94. The van der Waals surface area contributed by atoms with Gasteiger partial charge < -0.3 is 5.11 Å². The first-order valence-corrected chi connectivity index (χ1v) is 5.95. The molecule has 0 saturated carbocycles. The molecule has 5 heteroatoms. The molecular weight excluding hydrogens is 206 g/mol. The largest absolute Gasteiger partial charge is 0.395 e. The molecule has 1 amide bonds. The Morgan fingerprint density at radius 2 is 2.00 bits per heavy atom. The fourth-order valence-corrected chi connectivity index (χ4v) is 1.93. The number of nitrogens with two attached hydrogens (primary N) is 1. The lowest BCUT2D eigenvalue weighted by Crippen LogP contribution is -2.44. The van der Waals surface area contributed by atoms with E-state index in [-0.39, 0.29) is 18.4 Å². The Bertz CT molecular complexity index is 196. The number of aliphatic hydroxyl groups excluding tert-OH is 1. The molecule has 16 heavy (non-hydrogen) atoms. The average Bonchev–Trinajstić information content (AvgIpc) is 2.29. The third kappa shape index (κ3) is 4.92. The predicted molar refractivity (Wildman–Crippen MR) is 64.5 cm³/mol. The van der Waals surface area contributed by atoms with E-state index < -0.39 is 0 Å². The normalized spacial score (nSPS) is 13.2. The molecule has 0 radical (unpaired) electrons. The van der Waals surface area contributed by atoms with E-state index in [4.69, 9.17) is 10.9 Å². The second-order valence-electron chi connectivity index (χ2n) is 4.10. The van der Waals surface area contributed by atoms with Crippen molar-refractivity contribution in [3.63, 3.8) is 0 Å². The minimum absolute atomic E-state index is 0.119. The Kier molecular flexibility index (Phi) is 8.15. The minimum atomic E-state index is -0.158. The molecule has 0 aliphatic rings. The number of carbonyl (C=O) groups excluding carboxylic acids is 1. The zero-order chi connectivity index (χ0) is 12.6. The molecule has 5 nitrogen and oxygen atoms in total. The van der Waals surface area contributed by atoms with Crippen LogP contribution in [0.4, 0.5) is 0 Å². The monoisotopic (exact) mass is 231 g/mol. The molecule has 96 valence electrons. The van der Waals surface area contributed by atoms with E-state index in [2.05, 4.69) is 24.2 Å². The zero-order valence-corrected chi connectivity index (χ0v) is 10.6. The van der Waals surface area contributed by atoms with Gasteiger partial charge in [-0.25, -0.2) is 5.84 Å². The quantitative estimate of drug-likeness (QED) is 0.314. The number of hydrogen-bond acceptors (Lipinski definition) is 4. The standard InChI is InChI=1S/C11H25N3O2/c1-4-10(5-2)14(6-7-15)8-9(3)11(16)13-12/h9-10,15H,4-8,12H2,1-3H3,(H,13,16). The first kappa shape index (κ1) is 15.3. The van der Waals surface area contributed by atoms with Gasteiger partial charge >= 0.3 is 0 Å². The Labute approximate surface area is 98.0 Å². The van der Waals surface area contributed by atoms with Crippen molar-refractivity contribution >= 4 is 5.91 Å². The van der Waals surface area contributed by atoms with Gasteiger partial charge in [0.1, 0.15) is 0 Å². The molecule has 4 N–H and O–H groups in total. The highest BCUT2D eigenvalue weighted by atomic mass is 16.3. The number of nitrogens with one attached hydrogen (secondary N) is 1. The van der Waals surface area contributed by atoms with Crippen LogP contribution in [0.3, 0.4) is 0 Å². The lowest BCUT2D eigenvalue weighted by molar-refractivity contribution is -0.125. The molecule has 1 atom stereocenters. The van der Waals surface area contributed by atoms with Gasteiger partial charge in [0.25, 0.3) is 0 Å². The molecule has 0 saturated heterocycles. The summed E-state index contributed by atoms with van der Waals surface area (Å²) in [7, 11) is 0. The lowest BCUT2D eigenvalue weighted by Gasteiger charge is -2.31. The molecule has 1 unspecified atom stereocenters. The van der Waals surface area contributed by atoms with Crippen LogP contribution in [0, 0.1) is 5.92 Å². The van der Waals surface area contributed by atoms with Crippen molar-refractivity contribution in [3.8, 4) is 0 Å². The number of rotatable bonds is 8. The molecule has 0 fully saturated rings. The van der Waals surface area contributed by atoms with Gasteiger partial charge in [0, 0.05) is 25.0 Å². The topological polar surface area (TPSA) is 78.6 Å². The minimum Gasteiger partial charge on any atom is -0.395 e. The number of hydrogen-bond donors (Lipinski definition) is 3. The Morgan fingerprint density at radius 3 is 2.38 bits per heavy atom. The molecular formula is C11H25N3O2. The zero-order valence-electron chi connectivity index (χ0n) is 10.6. The Hall–Kier alpha value is -0.650. The van der Waals surface area contributed by atoms with E-state index in [1.54, 1.807) is 0 Å². The number of nitrogens with zero attached hydrogens (tertiary/aromatic N) is 1.